The number of hydrogen-bond acceptors (Lipinski definition) is 4. The van der Waals surface area contributed by atoms with Crippen LogP contribution in [0.1, 0.15) is 26.7 Å². The lowest BCUT2D eigenvalue weighted by Gasteiger charge is -2.26. The molecular weight excluding hydrogens is 210 g/mol. The monoisotopic (exact) mass is 231 g/mol. The Morgan fingerprint density at radius 2 is 1.94 bits per heavy atom. The average molecular weight is 231 g/mol. The maximum atomic E-state index is 10.9. The molecule has 0 aliphatic rings. The van der Waals surface area contributed by atoms with Gasteiger partial charge in [-0.25, -0.2) is 0 Å². The van der Waals surface area contributed by atoms with Crippen molar-refractivity contribution in [3.05, 3.63) is 0 Å². The summed E-state index contributed by atoms with van der Waals surface area (Å²) in [6.45, 7) is 4.52. The van der Waals surface area contributed by atoms with Crippen LogP contribution in [0.2, 0.25) is 0 Å². The van der Waals surface area contributed by atoms with Crippen molar-refractivity contribution in [3.8, 4) is 0 Å². The number of hydrogen-bond donors (Lipinski definition) is 1. The van der Waals surface area contributed by atoms with E-state index in [-0.39, 0.29) is 5.97 Å². The summed E-state index contributed by atoms with van der Waals surface area (Å²) in [7, 11) is 3.21. The van der Waals surface area contributed by atoms with Crippen molar-refractivity contribution in [3.63, 3.8) is 0 Å². The molecule has 0 aliphatic heterocycles. The van der Waals surface area contributed by atoms with Crippen LogP contribution in [-0.2, 0) is 14.3 Å². The lowest BCUT2D eigenvalue weighted by atomic mass is 9.93. The molecule has 94 valence electrons. The first-order chi connectivity index (χ1) is 7.29. The molecule has 0 saturated carbocycles. The summed E-state index contributed by atoms with van der Waals surface area (Å²) in [6.07, 6.45) is 1.05. The minimum absolute atomic E-state index is 0.231. The van der Waals surface area contributed by atoms with Gasteiger partial charge in [0, 0.05) is 13.0 Å². The van der Waals surface area contributed by atoms with Crippen LogP contribution in [0, 0.1) is 5.41 Å². The number of esters is 1. The van der Waals surface area contributed by atoms with Gasteiger partial charge in [0.2, 0.25) is 0 Å². The highest BCUT2D eigenvalue weighted by molar-refractivity contribution is 5.73. The van der Waals surface area contributed by atoms with Crippen molar-refractivity contribution in [2.45, 2.75) is 26.7 Å². The minimum Gasteiger partial charge on any atom is -0.481 e. The lowest BCUT2D eigenvalue weighted by molar-refractivity contribution is -0.148. The summed E-state index contributed by atoms with van der Waals surface area (Å²) < 4.78 is 4.52. The summed E-state index contributed by atoms with van der Waals surface area (Å²) in [6, 6.07) is 0. The van der Waals surface area contributed by atoms with Crippen molar-refractivity contribution in [1.82, 2.24) is 4.90 Å². The van der Waals surface area contributed by atoms with Gasteiger partial charge in [-0.3, -0.25) is 9.59 Å². The number of carboxylic acid groups (broad SMARTS) is 1. The summed E-state index contributed by atoms with van der Waals surface area (Å²) in [5, 5.41) is 8.94. The molecule has 5 nitrogen and oxygen atoms in total. The van der Waals surface area contributed by atoms with Gasteiger partial charge in [0.05, 0.1) is 12.5 Å². The Labute approximate surface area is 96.4 Å². The third kappa shape index (κ3) is 5.70. The highest BCUT2D eigenvalue weighted by Gasteiger charge is 2.28. The van der Waals surface area contributed by atoms with Crippen molar-refractivity contribution in [2.75, 3.05) is 27.2 Å². The molecule has 0 amide bonds. The summed E-state index contributed by atoms with van der Waals surface area (Å²) in [5.74, 6) is -1.04. The van der Waals surface area contributed by atoms with E-state index in [1.165, 1.54) is 7.11 Å². The predicted molar refractivity (Wildman–Crippen MR) is 60.2 cm³/mol. The van der Waals surface area contributed by atoms with Gasteiger partial charge in [0.25, 0.3) is 0 Å². The fourth-order valence-electron chi connectivity index (χ4n) is 1.42. The molecule has 0 saturated heterocycles. The van der Waals surface area contributed by atoms with Gasteiger partial charge in [0.15, 0.2) is 0 Å². The Kier molecular flexibility index (Phi) is 6.03. The van der Waals surface area contributed by atoms with Crippen LogP contribution < -0.4 is 0 Å². The molecule has 1 N–H and O–H groups in total. The fourth-order valence-corrected chi connectivity index (χ4v) is 1.42. The quantitative estimate of drug-likeness (QED) is 0.662. The van der Waals surface area contributed by atoms with Gasteiger partial charge in [-0.15, -0.1) is 0 Å². The third-order valence-electron chi connectivity index (χ3n) is 2.39. The first-order valence-electron chi connectivity index (χ1n) is 5.28. The van der Waals surface area contributed by atoms with Gasteiger partial charge in [0.1, 0.15) is 0 Å². The van der Waals surface area contributed by atoms with Gasteiger partial charge in [-0.2, -0.15) is 0 Å². The maximum absolute atomic E-state index is 10.9. The molecule has 0 aromatic heterocycles. The van der Waals surface area contributed by atoms with Crippen LogP contribution >= 0.6 is 0 Å². The number of carboxylic acids is 1. The molecule has 0 unspecified atom stereocenters. The van der Waals surface area contributed by atoms with E-state index in [0.29, 0.717) is 25.9 Å². The van der Waals surface area contributed by atoms with E-state index >= 15 is 0 Å². The van der Waals surface area contributed by atoms with Gasteiger partial charge in [-0.05, 0) is 33.9 Å². The van der Waals surface area contributed by atoms with E-state index in [1.54, 1.807) is 13.8 Å². The Hall–Kier alpha value is -1.10. The molecule has 5 heteroatoms. The molecule has 0 rings (SSSR count). The fraction of sp³-hybridized carbons (Fsp3) is 0.818. The van der Waals surface area contributed by atoms with Gasteiger partial charge in [-0.1, -0.05) is 0 Å². The molecule has 0 aliphatic carbocycles. The molecule has 0 aromatic rings. The lowest BCUT2D eigenvalue weighted by Crippen LogP contribution is -2.37. The zero-order valence-corrected chi connectivity index (χ0v) is 10.4. The number of rotatable bonds is 7. The Morgan fingerprint density at radius 3 is 2.38 bits per heavy atom. The Morgan fingerprint density at radius 1 is 1.38 bits per heavy atom. The second-order valence-corrected chi connectivity index (χ2v) is 4.61. The second-order valence-electron chi connectivity index (χ2n) is 4.61. The zero-order valence-electron chi connectivity index (χ0n) is 10.4. The number of nitrogens with zero attached hydrogens (tertiary/aromatic N) is 1. The predicted octanol–water partition coefficient (Wildman–Crippen LogP) is 0.982. The van der Waals surface area contributed by atoms with E-state index in [1.807, 2.05) is 11.9 Å². The maximum Gasteiger partial charge on any atom is 0.310 e. The third-order valence-corrected chi connectivity index (χ3v) is 2.39. The average Bonchev–Trinajstić information content (AvgIpc) is 2.16. The normalized spacial score (nSPS) is 11.6. The van der Waals surface area contributed by atoms with Gasteiger partial charge < -0.3 is 14.7 Å². The topological polar surface area (TPSA) is 66.8 Å². The SMILES string of the molecule is COC(=O)CCCN(C)CC(C)(C)C(=O)O. The highest BCUT2D eigenvalue weighted by Crippen LogP contribution is 2.16. The number of methoxy groups -OCH3 is 1. The molecule has 0 radical (unpaired) electrons. The standard InChI is InChI=1S/C11H21NO4/c1-11(2,10(14)15)8-12(3)7-5-6-9(13)16-4/h5-8H2,1-4H3,(H,14,15). The summed E-state index contributed by atoms with van der Waals surface area (Å²) in [5.41, 5.74) is -0.764. The number of aliphatic carboxylic acids is 1. The number of ether oxygens (including phenoxy) is 1. The first kappa shape index (κ1) is 14.9. The summed E-state index contributed by atoms with van der Waals surface area (Å²) in [4.78, 5) is 23.6. The van der Waals surface area contributed by atoms with Crippen molar-refractivity contribution >= 4 is 11.9 Å². The van der Waals surface area contributed by atoms with E-state index < -0.39 is 11.4 Å². The number of carbonyl (C=O) groups excluding carboxylic acids is 1. The molecule has 0 fully saturated rings. The summed E-state index contributed by atoms with van der Waals surface area (Å²) >= 11 is 0. The van der Waals surface area contributed by atoms with E-state index in [0.717, 1.165) is 0 Å². The van der Waals surface area contributed by atoms with Crippen LogP contribution in [0.5, 0.6) is 0 Å². The minimum atomic E-state index is -0.813. The van der Waals surface area contributed by atoms with Crippen LogP contribution in [0.4, 0.5) is 0 Å². The van der Waals surface area contributed by atoms with Crippen molar-refractivity contribution in [1.29, 1.82) is 0 Å². The van der Waals surface area contributed by atoms with E-state index in [2.05, 4.69) is 4.74 Å². The number of carbonyl (C=O) groups is 2. The van der Waals surface area contributed by atoms with Crippen LogP contribution in [-0.4, -0.2) is 49.2 Å². The van der Waals surface area contributed by atoms with Crippen LogP contribution in [0.3, 0.4) is 0 Å². The molecule has 0 spiro atoms. The Bertz CT molecular complexity index is 250. The van der Waals surface area contributed by atoms with Gasteiger partial charge >= 0.3 is 11.9 Å². The molecule has 0 aromatic carbocycles. The first-order valence-corrected chi connectivity index (χ1v) is 5.28. The molecule has 0 atom stereocenters. The largest absolute Gasteiger partial charge is 0.481 e. The smallest absolute Gasteiger partial charge is 0.310 e. The van der Waals surface area contributed by atoms with Crippen molar-refractivity contribution < 1.29 is 19.4 Å². The Balaban J connectivity index is 3.87. The zero-order chi connectivity index (χ0) is 12.8. The molecule has 0 heterocycles. The second kappa shape index (κ2) is 6.48. The molecule has 16 heavy (non-hydrogen) atoms. The highest BCUT2D eigenvalue weighted by atomic mass is 16.5. The van der Waals surface area contributed by atoms with E-state index in [4.69, 9.17) is 5.11 Å². The van der Waals surface area contributed by atoms with Crippen LogP contribution in [0.15, 0.2) is 0 Å². The van der Waals surface area contributed by atoms with E-state index in [9.17, 15) is 9.59 Å². The van der Waals surface area contributed by atoms with Crippen molar-refractivity contribution in [2.24, 2.45) is 5.41 Å². The molecule has 0 bridgehead atoms. The van der Waals surface area contributed by atoms with Crippen LogP contribution in [0.25, 0.3) is 0 Å². The molecular formula is C11H21NO4.